The third-order valence-electron chi connectivity index (χ3n) is 3.52. The molecule has 0 radical (unpaired) electrons. The molecule has 7 heteroatoms. The summed E-state index contributed by atoms with van der Waals surface area (Å²) < 4.78 is 0. The zero-order chi connectivity index (χ0) is 17.1. The predicted molar refractivity (Wildman–Crippen MR) is 98.5 cm³/mol. The van der Waals surface area contributed by atoms with Crippen LogP contribution in [0.5, 0.6) is 0 Å². The second kappa shape index (κ2) is 6.75. The molecular weight excluding hydrogens is 312 g/mol. The van der Waals surface area contributed by atoms with E-state index in [-0.39, 0.29) is 11.7 Å². The monoisotopic (exact) mass is 330 g/mol. The first-order valence-electron chi connectivity index (χ1n) is 7.06. The molecule has 1 atom stereocenters. The molecule has 0 amide bonds. The molecule has 0 aromatic heterocycles. The first kappa shape index (κ1) is 16.9. The Hall–Kier alpha value is -2.47. The minimum atomic E-state index is -0.430. The van der Waals surface area contributed by atoms with E-state index in [4.69, 9.17) is 28.2 Å². The van der Waals surface area contributed by atoms with E-state index in [0.717, 1.165) is 11.1 Å². The summed E-state index contributed by atoms with van der Waals surface area (Å²) >= 11 is 6.35. The van der Waals surface area contributed by atoms with Gasteiger partial charge in [-0.25, -0.2) is 0 Å². The summed E-state index contributed by atoms with van der Waals surface area (Å²) in [5.74, 6) is 0.453. The number of benzodiazepines with no additional fused rings is 1. The number of benzene rings is 1. The lowest BCUT2D eigenvalue weighted by Crippen LogP contribution is -2.39. The van der Waals surface area contributed by atoms with E-state index in [1.165, 1.54) is 6.20 Å². The van der Waals surface area contributed by atoms with E-state index >= 15 is 0 Å². The maximum atomic E-state index is 8.25. The highest BCUT2D eigenvalue weighted by atomic mass is 35.5. The van der Waals surface area contributed by atoms with E-state index in [1.54, 1.807) is 32.0 Å². The summed E-state index contributed by atoms with van der Waals surface area (Å²) in [6, 6.07) is 5.10. The summed E-state index contributed by atoms with van der Waals surface area (Å²) in [6.07, 6.45) is 3.13. The fourth-order valence-corrected chi connectivity index (χ4v) is 2.71. The van der Waals surface area contributed by atoms with Crippen LogP contribution in [0.1, 0.15) is 25.0 Å². The molecule has 1 aromatic rings. The van der Waals surface area contributed by atoms with Gasteiger partial charge in [0.15, 0.2) is 0 Å². The van der Waals surface area contributed by atoms with Gasteiger partial charge in [0.25, 0.3) is 0 Å². The number of allylic oxidation sites excluding steroid dienone is 1. The quantitative estimate of drug-likeness (QED) is 0.573. The molecular formula is C16H19ClN6. The van der Waals surface area contributed by atoms with Crippen LogP contribution >= 0.6 is 11.6 Å². The van der Waals surface area contributed by atoms with Crippen LogP contribution in [-0.4, -0.2) is 36.1 Å². The smallest absolute Gasteiger partial charge is 0.133 e. The van der Waals surface area contributed by atoms with E-state index in [9.17, 15) is 0 Å². The summed E-state index contributed by atoms with van der Waals surface area (Å²) in [5.41, 5.74) is 8.58. The molecule has 2 rings (SSSR count). The molecule has 0 aliphatic carbocycles. The average molecular weight is 331 g/mol. The molecule has 6 nitrogen and oxygen atoms in total. The fraction of sp³-hybridized carbons (Fsp3) is 0.250. The van der Waals surface area contributed by atoms with Crippen molar-refractivity contribution < 1.29 is 0 Å². The standard InChI is InChI=1S/C16H19ClN6/c1-9-16(20)23(10(2)19)14-5-4-11(12(7-18)8-21-3)6-13(14)15(17)22-9/h4-9,19-20H,18H2,1-3H3/t9-/m0/s1. The first-order chi connectivity index (χ1) is 10.9. The maximum Gasteiger partial charge on any atom is 0.133 e. The summed E-state index contributed by atoms with van der Waals surface area (Å²) in [4.78, 5) is 9.87. The highest BCUT2D eigenvalue weighted by molar-refractivity contribution is 6.70. The Kier molecular flexibility index (Phi) is 4.95. The van der Waals surface area contributed by atoms with Crippen LogP contribution in [0.25, 0.3) is 5.57 Å². The Morgan fingerprint density at radius 3 is 2.74 bits per heavy atom. The van der Waals surface area contributed by atoms with Crippen molar-refractivity contribution >= 4 is 45.9 Å². The normalized spacial score (nSPS) is 18.7. The van der Waals surface area contributed by atoms with Crippen LogP contribution in [0.2, 0.25) is 0 Å². The predicted octanol–water partition coefficient (Wildman–Crippen LogP) is 2.86. The highest BCUT2D eigenvalue weighted by Crippen LogP contribution is 2.30. The molecule has 1 aromatic carbocycles. The Morgan fingerprint density at radius 2 is 2.17 bits per heavy atom. The molecule has 0 saturated carbocycles. The van der Waals surface area contributed by atoms with Crippen molar-refractivity contribution in [3.8, 4) is 0 Å². The molecule has 0 fully saturated rings. The Morgan fingerprint density at radius 1 is 1.48 bits per heavy atom. The molecule has 1 aliphatic rings. The Bertz CT molecular complexity index is 747. The number of halogens is 1. The summed E-state index contributed by atoms with van der Waals surface area (Å²) in [5, 5.41) is 16.5. The Labute approximate surface area is 140 Å². The van der Waals surface area contributed by atoms with Crippen molar-refractivity contribution in [2.45, 2.75) is 19.9 Å². The van der Waals surface area contributed by atoms with Gasteiger partial charge in [0.05, 0.1) is 5.69 Å². The molecule has 0 bridgehead atoms. The number of rotatable bonds is 2. The van der Waals surface area contributed by atoms with Crippen molar-refractivity contribution in [3.05, 3.63) is 35.5 Å². The lowest BCUT2D eigenvalue weighted by atomic mass is 10.0. The van der Waals surface area contributed by atoms with Gasteiger partial charge in [-0.2, -0.15) is 0 Å². The molecule has 1 aliphatic heterocycles. The van der Waals surface area contributed by atoms with Crippen LogP contribution in [0.4, 0.5) is 5.69 Å². The molecule has 23 heavy (non-hydrogen) atoms. The van der Waals surface area contributed by atoms with E-state index in [2.05, 4.69) is 9.98 Å². The fourth-order valence-electron chi connectivity index (χ4n) is 2.41. The van der Waals surface area contributed by atoms with Crippen LogP contribution in [0, 0.1) is 10.8 Å². The van der Waals surface area contributed by atoms with Gasteiger partial charge in [0.1, 0.15) is 22.9 Å². The van der Waals surface area contributed by atoms with Gasteiger partial charge in [-0.15, -0.1) is 0 Å². The number of amidine groups is 2. The molecule has 120 valence electrons. The third-order valence-corrected chi connectivity index (χ3v) is 3.82. The average Bonchev–Trinajstić information content (AvgIpc) is 2.60. The zero-order valence-electron chi connectivity index (χ0n) is 13.3. The zero-order valence-corrected chi connectivity index (χ0v) is 14.0. The Balaban J connectivity index is 2.68. The second-order valence-corrected chi connectivity index (χ2v) is 5.50. The van der Waals surface area contributed by atoms with Gasteiger partial charge in [0, 0.05) is 30.6 Å². The van der Waals surface area contributed by atoms with Gasteiger partial charge in [0.2, 0.25) is 0 Å². The van der Waals surface area contributed by atoms with Crippen LogP contribution in [0.3, 0.4) is 0 Å². The number of nitrogens with one attached hydrogen (secondary N) is 2. The number of fused-ring (bicyclic) bond motifs is 1. The number of nitrogens with zero attached hydrogens (tertiary/aromatic N) is 3. The molecule has 0 unspecified atom stereocenters. The number of nitrogens with two attached hydrogens (primary N) is 1. The molecule has 0 saturated heterocycles. The van der Waals surface area contributed by atoms with Gasteiger partial charge < -0.3 is 5.73 Å². The largest absolute Gasteiger partial charge is 0.404 e. The summed E-state index contributed by atoms with van der Waals surface area (Å²) in [6.45, 7) is 3.41. The first-order valence-corrected chi connectivity index (χ1v) is 7.44. The van der Waals surface area contributed by atoms with E-state index in [0.29, 0.717) is 16.4 Å². The van der Waals surface area contributed by atoms with E-state index < -0.39 is 6.04 Å². The lowest BCUT2D eigenvalue weighted by molar-refractivity contribution is 0.953. The van der Waals surface area contributed by atoms with Crippen LogP contribution < -0.4 is 10.6 Å². The van der Waals surface area contributed by atoms with Gasteiger partial charge in [-0.1, -0.05) is 17.7 Å². The van der Waals surface area contributed by atoms with Crippen molar-refractivity contribution in [1.29, 1.82) is 10.8 Å². The highest BCUT2D eigenvalue weighted by Gasteiger charge is 2.27. The van der Waals surface area contributed by atoms with Crippen LogP contribution in [0.15, 0.2) is 34.4 Å². The van der Waals surface area contributed by atoms with Gasteiger partial charge >= 0.3 is 0 Å². The molecule has 0 spiro atoms. The third kappa shape index (κ3) is 3.17. The van der Waals surface area contributed by atoms with Crippen molar-refractivity contribution in [3.63, 3.8) is 0 Å². The second-order valence-electron chi connectivity index (χ2n) is 5.14. The minimum absolute atomic E-state index is 0.215. The van der Waals surface area contributed by atoms with Gasteiger partial charge in [-0.3, -0.25) is 25.7 Å². The number of anilines is 1. The minimum Gasteiger partial charge on any atom is -0.404 e. The number of aliphatic imine (C=N–C) groups is 2. The van der Waals surface area contributed by atoms with Crippen molar-refractivity contribution in [2.24, 2.45) is 15.7 Å². The molecule has 4 N–H and O–H groups in total. The van der Waals surface area contributed by atoms with Crippen LogP contribution in [-0.2, 0) is 0 Å². The molecule has 1 heterocycles. The van der Waals surface area contributed by atoms with Crippen molar-refractivity contribution in [1.82, 2.24) is 0 Å². The SMILES string of the molecule is CN=CC(=CN)c1ccc2c(c1)C(Cl)=N[C@@H](C)C(=N)N2C(C)=N. The topological polar surface area (TPSA) is 102 Å². The van der Waals surface area contributed by atoms with Crippen molar-refractivity contribution in [2.75, 3.05) is 11.9 Å². The lowest BCUT2D eigenvalue weighted by Gasteiger charge is -2.25. The number of hydrogen-bond donors (Lipinski definition) is 3. The maximum absolute atomic E-state index is 8.25. The van der Waals surface area contributed by atoms with Gasteiger partial charge in [-0.05, 0) is 31.5 Å². The number of hydrogen-bond acceptors (Lipinski definition) is 5. The summed E-state index contributed by atoms with van der Waals surface area (Å²) in [7, 11) is 1.67. The van der Waals surface area contributed by atoms with E-state index in [1.807, 2.05) is 18.2 Å².